The molecule has 1 radical (unpaired) electrons. The largest absolute Gasteiger partial charge is 0.159 e. The third-order valence-electron chi connectivity index (χ3n) is 1.22. The highest BCUT2D eigenvalue weighted by atomic mass is 32.2. The third kappa shape index (κ3) is 2.61. The van der Waals surface area contributed by atoms with Crippen LogP contribution in [0.2, 0.25) is 0 Å². The molecule has 1 fully saturated rings. The van der Waals surface area contributed by atoms with Gasteiger partial charge in [-0.15, -0.1) is 0 Å². The Morgan fingerprint density at radius 1 is 1.50 bits per heavy atom. The average Bonchev–Trinajstić information content (AvgIpc) is 2.41. The zero-order valence-electron chi connectivity index (χ0n) is 5.61. The van der Waals surface area contributed by atoms with Crippen molar-refractivity contribution in [1.29, 1.82) is 0 Å². The fourth-order valence-electron chi connectivity index (χ4n) is 0.517. The molecule has 0 saturated heterocycles. The van der Waals surface area contributed by atoms with E-state index >= 15 is 0 Å². The average molecular weight is 129 g/mol. The Morgan fingerprint density at radius 2 is 2.12 bits per heavy atom. The number of rotatable bonds is 3. The molecule has 1 rings (SSSR count). The summed E-state index contributed by atoms with van der Waals surface area (Å²) >= 11 is 2.06. The van der Waals surface area contributed by atoms with Gasteiger partial charge in [0.1, 0.15) is 0 Å². The second-order valence-corrected chi connectivity index (χ2v) is 4.17. The Hall–Kier alpha value is 0.350. The third-order valence-corrected chi connectivity index (χ3v) is 2.47. The molecule has 47 valence electrons. The van der Waals surface area contributed by atoms with Crippen molar-refractivity contribution in [3.8, 4) is 0 Å². The van der Waals surface area contributed by atoms with Crippen LogP contribution in [0.4, 0.5) is 0 Å². The van der Waals surface area contributed by atoms with Gasteiger partial charge >= 0.3 is 0 Å². The van der Waals surface area contributed by atoms with Crippen LogP contribution in [0.1, 0.15) is 26.7 Å². The fraction of sp³-hybridized carbons (Fsp3) is 0.857. The van der Waals surface area contributed by atoms with E-state index in [0.29, 0.717) is 0 Å². The van der Waals surface area contributed by atoms with E-state index in [9.17, 15) is 0 Å². The quantitative estimate of drug-likeness (QED) is 0.564. The molecule has 1 saturated carbocycles. The molecule has 0 atom stereocenters. The minimum atomic E-state index is 0.822. The lowest BCUT2D eigenvalue weighted by Crippen LogP contribution is -1.88. The molecule has 0 aliphatic heterocycles. The second kappa shape index (κ2) is 2.77. The van der Waals surface area contributed by atoms with E-state index in [-0.39, 0.29) is 0 Å². The Balaban J connectivity index is 1.87. The van der Waals surface area contributed by atoms with Gasteiger partial charge < -0.3 is 0 Å². The highest BCUT2D eigenvalue weighted by molar-refractivity contribution is 8.00. The normalized spacial score (nSPS) is 19.9. The summed E-state index contributed by atoms with van der Waals surface area (Å²) in [5, 5.41) is 0.822. The number of thioether (sulfide) groups is 1. The van der Waals surface area contributed by atoms with E-state index in [1.807, 2.05) is 0 Å². The zero-order valence-corrected chi connectivity index (χ0v) is 6.42. The molecule has 0 heterocycles. The molecule has 0 unspecified atom stereocenters. The lowest BCUT2D eigenvalue weighted by molar-refractivity contribution is 1.11. The van der Waals surface area contributed by atoms with Gasteiger partial charge in [-0.3, -0.25) is 0 Å². The fourth-order valence-corrected chi connectivity index (χ4v) is 1.37. The molecule has 0 aromatic rings. The van der Waals surface area contributed by atoms with Gasteiger partial charge in [0, 0.05) is 0 Å². The van der Waals surface area contributed by atoms with Gasteiger partial charge in [-0.25, -0.2) is 0 Å². The second-order valence-electron chi connectivity index (χ2n) is 2.61. The van der Waals surface area contributed by atoms with Gasteiger partial charge in [0.2, 0.25) is 0 Å². The van der Waals surface area contributed by atoms with Crippen molar-refractivity contribution in [2.45, 2.75) is 31.9 Å². The molecule has 0 aromatic heterocycles. The van der Waals surface area contributed by atoms with Crippen LogP contribution >= 0.6 is 11.8 Å². The molecule has 0 amide bonds. The molecule has 0 N–H and O–H groups in total. The lowest BCUT2D eigenvalue weighted by atomic mass is 10.5. The SMILES string of the molecule is CC(C)SC[C]1CC1. The number of hydrogen-bond donors (Lipinski definition) is 0. The van der Waals surface area contributed by atoms with E-state index in [1.54, 1.807) is 5.92 Å². The van der Waals surface area contributed by atoms with Crippen molar-refractivity contribution in [2.24, 2.45) is 0 Å². The summed E-state index contributed by atoms with van der Waals surface area (Å²) < 4.78 is 0. The molecular formula is C7H13S. The molecule has 0 aromatic carbocycles. The molecule has 1 aliphatic rings. The Labute approximate surface area is 56.0 Å². The predicted octanol–water partition coefficient (Wildman–Crippen LogP) is 2.50. The van der Waals surface area contributed by atoms with Gasteiger partial charge in [0.25, 0.3) is 0 Å². The van der Waals surface area contributed by atoms with Crippen LogP contribution in [0.25, 0.3) is 0 Å². The lowest BCUT2D eigenvalue weighted by Gasteiger charge is -2.00. The number of hydrogen-bond acceptors (Lipinski definition) is 1. The van der Waals surface area contributed by atoms with E-state index < -0.39 is 0 Å². The first-order chi connectivity index (χ1) is 3.79. The molecule has 1 heteroatoms. The van der Waals surface area contributed by atoms with E-state index in [0.717, 1.165) is 5.25 Å². The van der Waals surface area contributed by atoms with Gasteiger partial charge in [0.05, 0.1) is 0 Å². The molecule has 0 nitrogen and oxygen atoms in total. The van der Waals surface area contributed by atoms with E-state index in [1.165, 1.54) is 18.6 Å². The van der Waals surface area contributed by atoms with Crippen molar-refractivity contribution in [3.63, 3.8) is 0 Å². The summed E-state index contributed by atoms with van der Waals surface area (Å²) in [7, 11) is 0. The molecule has 8 heavy (non-hydrogen) atoms. The Morgan fingerprint density at radius 3 is 2.50 bits per heavy atom. The van der Waals surface area contributed by atoms with Crippen LogP contribution in [0.15, 0.2) is 0 Å². The Kier molecular flexibility index (Phi) is 2.24. The van der Waals surface area contributed by atoms with Gasteiger partial charge in [-0.05, 0) is 29.8 Å². The summed E-state index contributed by atoms with van der Waals surface area (Å²) in [5.41, 5.74) is 0. The van der Waals surface area contributed by atoms with Crippen molar-refractivity contribution in [2.75, 3.05) is 5.75 Å². The smallest absolute Gasteiger partial charge is 0.000260 e. The minimum Gasteiger partial charge on any atom is -0.159 e. The van der Waals surface area contributed by atoms with Crippen molar-refractivity contribution in [1.82, 2.24) is 0 Å². The van der Waals surface area contributed by atoms with E-state index in [4.69, 9.17) is 0 Å². The van der Waals surface area contributed by atoms with E-state index in [2.05, 4.69) is 25.6 Å². The summed E-state index contributed by atoms with van der Waals surface area (Å²) in [5.74, 6) is 3.10. The first-order valence-electron chi connectivity index (χ1n) is 3.24. The predicted molar refractivity (Wildman–Crippen MR) is 40.1 cm³/mol. The van der Waals surface area contributed by atoms with Gasteiger partial charge in [-0.2, -0.15) is 11.8 Å². The van der Waals surface area contributed by atoms with Crippen molar-refractivity contribution < 1.29 is 0 Å². The highest BCUT2D eigenvalue weighted by Crippen LogP contribution is 2.35. The van der Waals surface area contributed by atoms with Crippen LogP contribution < -0.4 is 0 Å². The standard InChI is InChI=1S/C7H13S/c1-6(2)8-5-7-3-4-7/h6H,3-5H2,1-2H3. The van der Waals surface area contributed by atoms with Crippen LogP contribution in [0.3, 0.4) is 0 Å². The summed E-state index contributed by atoms with van der Waals surface area (Å²) in [6, 6.07) is 0. The molecule has 0 bridgehead atoms. The first-order valence-corrected chi connectivity index (χ1v) is 4.29. The highest BCUT2D eigenvalue weighted by Gasteiger charge is 2.21. The first kappa shape index (κ1) is 6.47. The van der Waals surface area contributed by atoms with Gasteiger partial charge in [-0.1, -0.05) is 13.8 Å². The topological polar surface area (TPSA) is 0 Å². The van der Waals surface area contributed by atoms with Crippen LogP contribution in [0.5, 0.6) is 0 Å². The Bertz CT molecular complexity index is 62.8. The maximum Gasteiger partial charge on any atom is -0.000260 e. The van der Waals surface area contributed by atoms with Crippen LogP contribution in [-0.2, 0) is 0 Å². The summed E-state index contributed by atoms with van der Waals surface area (Å²) in [6.45, 7) is 4.52. The van der Waals surface area contributed by atoms with Gasteiger partial charge in [0.15, 0.2) is 0 Å². The maximum absolute atomic E-state index is 2.26. The van der Waals surface area contributed by atoms with Crippen molar-refractivity contribution >= 4 is 11.8 Å². The molecule has 1 aliphatic carbocycles. The molecule has 0 spiro atoms. The summed E-state index contributed by atoms with van der Waals surface area (Å²) in [6.07, 6.45) is 2.83. The van der Waals surface area contributed by atoms with Crippen LogP contribution in [0, 0.1) is 5.92 Å². The maximum atomic E-state index is 2.26. The molecular weight excluding hydrogens is 116 g/mol. The zero-order chi connectivity index (χ0) is 5.98. The monoisotopic (exact) mass is 129 g/mol. The van der Waals surface area contributed by atoms with Crippen LogP contribution in [-0.4, -0.2) is 11.0 Å². The summed E-state index contributed by atoms with van der Waals surface area (Å²) in [4.78, 5) is 0. The minimum absolute atomic E-state index is 0.822. The van der Waals surface area contributed by atoms with Crippen molar-refractivity contribution in [3.05, 3.63) is 5.92 Å².